The van der Waals surface area contributed by atoms with Crippen molar-refractivity contribution < 1.29 is 23.7 Å². The van der Waals surface area contributed by atoms with E-state index in [-0.39, 0.29) is 24.5 Å². The van der Waals surface area contributed by atoms with Crippen LogP contribution in [0.25, 0.3) is 0 Å². The molecule has 3 atom stereocenters. The molecule has 0 radical (unpaired) electrons. The molecule has 5 heteroatoms. The third-order valence-corrected chi connectivity index (χ3v) is 3.02. The fourth-order valence-electron chi connectivity index (χ4n) is 2.26. The van der Waals surface area contributed by atoms with E-state index in [0.717, 1.165) is 5.57 Å². The lowest BCUT2D eigenvalue weighted by atomic mass is 10.1. The molecule has 2 saturated heterocycles. The van der Waals surface area contributed by atoms with Gasteiger partial charge in [-0.05, 0) is 33.3 Å². The summed E-state index contributed by atoms with van der Waals surface area (Å²) < 4.78 is 21.9. The van der Waals surface area contributed by atoms with E-state index in [1.165, 1.54) is 6.08 Å². The van der Waals surface area contributed by atoms with E-state index >= 15 is 0 Å². The lowest BCUT2D eigenvalue weighted by Gasteiger charge is -2.20. The molecule has 18 heavy (non-hydrogen) atoms. The van der Waals surface area contributed by atoms with Crippen LogP contribution in [-0.4, -0.2) is 36.9 Å². The van der Waals surface area contributed by atoms with Crippen molar-refractivity contribution in [2.75, 3.05) is 6.61 Å². The van der Waals surface area contributed by atoms with Crippen LogP contribution in [0.1, 0.15) is 34.1 Å². The zero-order valence-corrected chi connectivity index (χ0v) is 11.3. The molecule has 2 fully saturated rings. The molecule has 102 valence electrons. The van der Waals surface area contributed by atoms with E-state index in [4.69, 9.17) is 18.9 Å². The Morgan fingerprint density at radius 3 is 2.78 bits per heavy atom. The molecule has 0 aromatic rings. The van der Waals surface area contributed by atoms with Crippen molar-refractivity contribution in [2.45, 2.75) is 58.4 Å². The van der Waals surface area contributed by atoms with Gasteiger partial charge in [-0.2, -0.15) is 0 Å². The molecule has 2 aliphatic rings. The lowest BCUT2D eigenvalue weighted by molar-refractivity contribution is -0.201. The van der Waals surface area contributed by atoms with Crippen molar-refractivity contribution in [1.82, 2.24) is 0 Å². The summed E-state index contributed by atoms with van der Waals surface area (Å²) in [6, 6.07) is 0. The van der Waals surface area contributed by atoms with E-state index in [9.17, 15) is 4.79 Å². The summed E-state index contributed by atoms with van der Waals surface area (Å²) in [6.07, 6.45) is 1.64. The maximum Gasteiger partial charge on any atom is 0.330 e. The van der Waals surface area contributed by atoms with Gasteiger partial charge in [-0.25, -0.2) is 4.79 Å². The van der Waals surface area contributed by atoms with Crippen LogP contribution in [-0.2, 0) is 23.7 Å². The summed E-state index contributed by atoms with van der Waals surface area (Å²) in [5.41, 5.74) is 0.841. The van der Waals surface area contributed by atoms with Gasteiger partial charge in [0.25, 0.3) is 0 Å². The highest BCUT2D eigenvalue weighted by Gasteiger charge is 2.48. The molecule has 5 nitrogen and oxygen atoms in total. The summed E-state index contributed by atoms with van der Waals surface area (Å²) in [4.78, 5) is 11.3. The lowest BCUT2D eigenvalue weighted by Crippen LogP contribution is -2.25. The summed E-state index contributed by atoms with van der Waals surface area (Å²) in [7, 11) is 0. The second kappa shape index (κ2) is 4.99. The van der Waals surface area contributed by atoms with Crippen molar-refractivity contribution in [3.63, 3.8) is 0 Å². The fourth-order valence-corrected chi connectivity index (χ4v) is 2.26. The van der Waals surface area contributed by atoms with E-state index < -0.39 is 5.79 Å². The van der Waals surface area contributed by atoms with Gasteiger partial charge in [0, 0.05) is 12.5 Å². The molecule has 2 aliphatic heterocycles. The largest absolute Gasteiger partial charge is 0.463 e. The molecular weight excluding hydrogens is 236 g/mol. The summed E-state index contributed by atoms with van der Waals surface area (Å²) in [6.45, 7) is 7.74. The van der Waals surface area contributed by atoms with Gasteiger partial charge in [0.05, 0.1) is 12.7 Å². The van der Waals surface area contributed by atoms with Crippen molar-refractivity contribution in [1.29, 1.82) is 0 Å². The maximum absolute atomic E-state index is 11.3. The molecule has 0 saturated carbocycles. The Morgan fingerprint density at radius 2 is 2.17 bits per heavy atom. The number of esters is 1. The second-order valence-corrected chi connectivity index (χ2v) is 5.04. The topological polar surface area (TPSA) is 54.0 Å². The van der Waals surface area contributed by atoms with Crippen molar-refractivity contribution in [2.24, 2.45) is 0 Å². The zero-order chi connectivity index (χ0) is 13.3. The van der Waals surface area contributed by atoms with Crippen LogP contribution < -0.4 is 0 Å². The first-order chi connectivity index (χ1) is 8.41. The zero-order valence-electron chi connectivity index (χ0n) is 11.3. The Hall–Kier alpha value is -0.910. The number of carbonyl (C=O) groups excluding carboxylic acids is 1. The highest BCUT2D eigenvalue weighted by molar-refractivity contribution is 5.82. The molecule has 0 unspecified atom stereocenters. The first kappa shape index (κ1) is 13.5. The minimum Gasteiger partial charge on any atom is -0.463 e. The minimum absolute atomic E-state index is 0.0597. The van der Waals surface area contributed by atoms with Gasteiger partial charge >= 0.3 is 5.97 Å². The Bertz CT molecular complexity index is 344. The number of carbonyl (C=O) groups is 1. The van der Waals surface area contributed by atoms with Crippen LogP contribution >= 0.6 is 0 Å². The second-order valence-electron chi connectivity index (χ2n) is 5.04. The number of rotatable bonds is 3. The highest BCUT2D eigenvalue weighted by atomic mass is 16.8. The molecular formula is C13H20O5. The van der Waals surface area contributed by atoms with Crippen LogP contribution in [0, 0.1) is 0 Å². The average Bonchev–Trinajstić information content (AvgIpc) is 2.71. The maximum atomic E-state index is 11.3. The van der Waals surface area contributed by atoms with Crippen LogP contribution in [0.15, 0.2) is 11.6 Å². The summed E-state index contributed by atoms with van der Waals surface area (Å²) >= 11 is 0. The van der Waals surface area contributed by atoms with E-state index in [1.54, 1.807) is 6.92 Å². The molecule has 2 rings (SSSR count). The number of fused-ring (bicyclic) bond motifs is 1. The standard InChI is InChI=1S/C13H20O5/c1-5-15-11(14)6-8(2)9-7-10-12(16-9)18-13(3,4)17-10/h6,9-10,12H,5,7H2,1-4H3/b8-6+/t9-,10-,12-/m1/s1. The first-order valence-corrected chi connectivity index (χ1v) is 6.27. The van der Waals surface area contributed by atoms with Crippen LogP contribution in [0.2, 0.25) is 0 Å². The minimum atomic E-state index is -0.584. The van der Waals surface area contributed by atoms with Crippen molar-refractivity contribution in [3.8, 4) is 0 Å². The first-order valence-electron chi connectivity index (χ1n) is 6.27. The number of hydrogen-bond acceptors (Lipinski definition) is 5. The highest BCUT2D eigenvalue weighted by Crippen LogP contribution is 2.38. The predicted molar refractivity (Wildman–Crippen MR) is 63.7 cm³/mol. The third kappa shape index (κ3) is 2.91. The van der Waals surface area contributed by atoms with Gasteiger partial charge in [0.1, 0.15) is 6.10 Å². The van der Waals surface area contributed by atoms with Crippen LogP contribution in [0.5, 0.6) is 0 Å². The van der Waals surface area contributed by atoms with Crippen molar-refractivity contribution in [3.05, 3.63) is 11.6 Å². The fraction of sp³-hybridized carbons (Fsp3) is 0.769. The smallest absolute Gasteiger partial charge is 0.330 e. The molecule has 0 aliphatic carbocycles. The monoisotopic (exact) mass is 256 g/mol. The molecule has 0 aromatic carbocycles. The van der Waals surface area contributed by atoms with Gasteiger partial charge in [0.15, 0.2) is 12.1 Å². The summed E-state index contributed by atoms with van der Waals surface area (Å²) in [5.74, 6) is -0.920. The van der Waals surface area contributed by atoms with Crippen LogP contribution in [0.3, 0.4) is 0 Å². The van der Waals surface area contributed by atoms with E-state index in [2.05, 4.69) is 0 Å². The van der Waals surface area contributed by atoms with Gasteiger partial charge in [-0.1, -0.05) is 0 Å². The molecule has 0 spiro atoms. The third-order valence-electron chi connectivity index (χ3n) is 3.02. The molecule has 0 N–H and O–H groups in total. The predicted octanol–water partition coefficient (Wildman–Crippen LogP) is 1.76. The molecule has 0 amide bonds. The Kier molecular flexibility index (Phi) is 3.75. The van der Waals surface area contributed by atoms with Gasteiger partial charge in [0.2, 0.25) is 0 Å². The van der Waals surface area contributed by atoms with Gasteiger partial charge < -0.3 is 18.9 Å². The quantitative estimate of drug-likeness (QED) is 0.569. The average molecular weight is 256 g/mol. The summed E-state index contributed by atoms with van der Waals surface area (Å²) in [5, 5.41) is 0. The Labute approximate surface area is 107 Å². The Balaban J connectivity index is 1.93. The van der Waals surface area contributed by atoms with Crippen LogP contribution in [0.4, 0.5) is 0 Å². The van der Waals surface area contributed by atoms with E-state index in [0.29, 0.717) is 13.0 Å². The molecule has 0 aromatic heterocycles. The Morgan fingerprint density at radius 1 is 1.44 bits per heavy atom. The molecule has 2 heterocycles. The van der Waals surface area contributed by atoms with E-state index in [1.807, 2.05) is 20.8 Å². The van der Waals surface area contributed by atoms with Crippen molar-refractivity contribution >= 4 is 5.97 Å². The van der Waals surface area contributed by atoms with Gasteiger partial charge in [-0.15, -0.1) is 0 Å². The number of hydrogen-bond donors (Lipinski definition) is 0. The SMILES string of the molecule is CCOC(=O)/C=C(\C)[C@H]1C[C@H]2OC(C)(C)O[C@H]2O1. The molecule has 0 bridgehead atoms. The normalized spacial score (nSPS) is 34.4. The van der Waals surface area contributed by atoms with Gasteiger partial charge in [-0.3, -0.25) is 0 Å². The number of ether oxygens (including phenoxy) is 4.